The van der Waals surface area contributed by atoms with Crippen molar-refractivity contribution in [1.29, 1.82) is 0 Å². The fraction of sp³-hybridized carbons (Fsp3) is 0.889. The molecule has 0 aromatic heterocycles. The van der Waals surface area contributed by atoms with Gasteiger partial charge in [-0.15, -0.1) is 0 Å². The molecule has 2 rings (SSSR count). The van der Waals surface area contributed by atoms with E-state index < -0.39 is 15.9 Å². The average molecular weight is 232 g/mol. The molecule has 6 heteroatoms. The van der Waals surface area contributed by atoms with Crippen LogP contribution < -0.4 is 5.73 Å². The third-order valence-electron chi connectivity index (χ3n) is 3.07. The van der Waals surface area contributed by atoms with Crippen molar-refractivity contribution in [2.24, 2.45) is 11.7 Å². The Hall–Kier alpha value is -0.620. The second-order valence-electron chi connectivity index (χ2n) is 4.34. The van der Waals surface area contributed by atoms with Crippen LogP contribution in [0.3, 0.4) is 0 Å². The molecule has 86 valence electrons. The maximum absolute atomic E-state index is 11.8. The topological polar surface area (TPSA) is 80.5 Å². The minimum Gasteiger partial charge on any atom is -0.339 e. The molecule has 0 aromatic rings. The lowest BCUT2D eigenvalue weighted by atomic mass is 10.1. The van der Waals surface area contributed by atoms with Crippen LogP contribution in [0.2, 0.25) is 0 Å². The molecule has 0 aromatic carbocycles. The van der Waals surface area contributed by atoms with Crippen molar-refractivity contribution in [2.75, 3.05) is 24.6 Å². The summed E-state index contributed by atoms with van der Waals surface area (Å²) < 4.78 is 22.3. The Morgan fingerprint density at radius 3 is 2.27 bits per heavy atom. The SMILES string of the molecule is N[C@@H](C(=O)N1CCS(=O)(=O)CC1)C1CC1. The highest BCUT2D eigenvalue weighted by Gasteiger charge is 2.37. The van der Waals surface area contributed by atoms with Gasteiger partial charge in [-0.25, -0.2) is 8.42 Å². The van der Waals surface area contributed by atoms with E-state index in [1.165, 1.54) is 0 Å². The molecule has 0 bridgehead atoms. The van der Waals surface area contributed by atoms with Crippen molar-refractivity contribution < 1.29 is 13.2 Å². The predicted molar refractivity (Wildman–Crippen MR) is 55.9 cm³/mol. The zero-order valence-corrected chi connectivity index (χ0v) is 9.37. The fourth-order valence-corrected chi connectivity index (χ4v) is 3.00. The molecule has 2 fully saturated rings. The highest BCUT2D eigenvalue weighted by atomic mass is 32.2. The van der Waals surface area contributed by atoms with Crippen LogP contribution in [0, 0.1) is 5.92 Å². The van der Waals surface area contributed by atoms with Gasteiger partial charge in [0.15, 0.2) is 9.84 Å². The van der Waals surface area contributed by atoms with Crippen molar-refractivity contribution in [3.05, 3.63) is 0 Å². The minimum atomic E-state index is -2.91. The number of carbonyl (C=O) groups is 1. The van der Waals surface area contributed by atoms with E-state index in [1.54, 1.807) is 4.90 Å². The number of nitrogens with zero attached hydrogens (tertiary/aromatic N) is 1. The molecule has 1 atom stereocenters. The number of nitrogens with two attached hydrogens (primary N) is 1. The molecule has 2 N–H and O–H groups in total. The van der Waals surface area contributed by atoms with Crippen LogP contribution in [-0.4, -0.2) is 49.9 Å². The summed E-state index contributed by atoms with van der Waals surface area (Å²) in [5, 5.41) is 0. The van der Waals surface area contributed by atoms with Crippen LogP contribution in [-0.2, 0) is 14.6 Å². The molecule has 15 heavy (non-hydrogen) atoms. The summed E-state index contributed by atoms with van der Waals surface area (Å²) in [6.45, 7) is 0.614. The first-order valence-corrected chi connectivity index (χ1v) is 7.06. The molecule has 1 saturated heterocycles. The van der Waals surface area contributed by atoms with E-state index in [-0.39, 0.29) is 17.4 Å². The smallest absolute Gasteiger partial charge is 0.239 e. The van der Waals surface area contributed by atoms with Gasteiger partial charge < -0.3 is 10.6 Å². The quantitative estimate of drug-likeness (QED) is 0.661. The summed E-state index contributed by atoms with van der Waals surface area (Å²) in [6.07, 6.45) is 2.05. The lowest BCUT2D eigenvalue weighted by molar-refractivity contribution is -0.132. The zero-order valence-electron chi connectivity index (χ0n) is 8.55. The van der Waals surface area contributed by atoms with E-state index >= 15 is 0 Å². The maximum Gasteiger partial charge on any atom is 0.239 e. The van der Waals surface area contributed by atoms with Crippen molar-refractivity contribution in [1.82, 2.24) is 4.90 Å². The Labute approximate surface area is 89.5 Å². The minimum absolute atomic E-state index is 0.0765. The fourth-order valence-electron chi connectivity index (χ4n) is 1.80. The Bertz CT molecular complexity index is 348. The van der Waals surface area contributed by atoms with Crippen LogP contribution in [0.5, 0.6) is 0 Å². The third-order valence-corrected chi connectivity index (χ3v) is 4.68. The number of hydrogen-bond donors (Lipinski definition) is 1. The van der Waals surface area contributed by atoms with Crippen LogP contribution in [0.1, 0.15) is 12.8 Å². The van der Waals surface area contributed by atoms with Gasteiger partial charge in [-0.3, -0.25) is 4.79 Å². The Morgan fingerprint density at radius 1 is 1.27 bits per heavy atom. The van der Waals surface area contributed by atoms with Gasteiger partial charge in [-0.1, -0.05) is 0 Å². The predicted octanol–water partition coefficient (Wildman–Crippen LogP) is -1.02. The monoisotopic (exact) mass is 232 g/mol. The summed E-state index contributed by atoms with van der Waals surface area (Å²) in [7, 11) is -2.91. The molecular formula is C9H16N2O3S. The molecule has 5 nitrogen and oxygen atoms in total. The molecule has 1 aliphatic heterocycles. The van der Waals surface area contributed by atoms with Gasteiger partial charge in [0, 0.05) is 13.1 Å². The lowest BCUT2D eigenvalue weighted by Gasteiger charge is -2.29. The van der Waals surface area contributed by atoms with Crippen LogP contribution in [0.25, 0.3) is 0 Å². The summed E-state index contributed by atoms with van der Waals surface area (Å²) >= 11 is 0. The molecule has 1 aliphatic carbocycles. The molecule has 1 heterocycles. The van der Waals surface area contributed by atoms with Gasteiger partial charge in [0.1, 0.15) is 0 Å². The zero-order chi connectivity index (χ0) is 11.1. The van der Waals surface area contributed by atoms with Gasteiger partial charge in [0.05, 0.1) is 17.5 Å². The van der Waals surface area contributed by atoms with E-state index in [1.807, 2.05) is 0 Å². The average Bonchev–Trinajstić information content (AvgIpc) is 2.99. The summed E-state index contributed by atoms with van der Waals surface area (Å²) in [5.41, 5.74) is 5.78. The van der Waals surface area contributed by atoms with Crippen molar-refractivity contribution >= 4 is 15.7 Å². The number of carbonyl (C=O) groups excluding carboxylic acids is 1. The Morgan fingerprint density at radius 2 is 1.80 bits per heavy atom. The first-order valence-electron chi connectivity index (χ1n) is 5.24. The highest BCUT2D eigenvalue weighted by molar-refractivity contribution is 7.91. The third kappa shape index (κ3) is 2.49. The van der Waals surface area contributed by atoms with Crippen LogP contribution in [0.15, 0.2) is 0 Å². The molecular weight excluding hydrogens is 216 g/mol. The molecule has 0 unspecified atom stereocenters. The molecule has 1 amide bonds. The van der Waals surface area contributed by atoms with E-state index in [9.17, 15) is 13.2 Å². The molecule has 1 saturated carbocycles. The molecule has 0 spiro atoms. The van der Waals surface area contributed by atoms with Gasteiger partial charge in [0.25, 0.3) is 0 Å². The number of rotatable bonds is 2. The van der Waals surface area contributed by atoms with E-state index in [2.05, 4.69) is 0 Å². The van der Waals surface area contributed by atoms with Crippen molar-refractivity contribution in [3.63, 3.8) is 0 Å². The number of hydrogen-bond acceptors (Lipinski definition) is 4. The van der Waals surface area contributed by atoms with Crippen LogP contribution >= 0.6 is 0 Å². The first kappa shape index (κ1) is 10.9. The summed E-state index contributed by atoms with van der Waals surface area (Å²) in [5.74, 6) is 0.412. The first-order chi connectivity index (χ1) is 6.99. The summed E-state index contributed by atoms with van der Waals surface area (Å²) in [6, 6.07) is -0.411. The normalized spacial score (nSPS) is 27.4. The molecule has 0 radical (unpaired) electrons. The Balaban J connectivity index is 1.92. The lowest BCUT2D eigenvalue weighted by Crippen LogP contribution is -2.50. The van der Waals surface area contributed by atoms with Crippen molar-refractivity contribution in [3.8, 4) is 0 Å². The Kier molecular flexibility index (Phi) is 2.72. The second-order valence-corrected chi connectivity index (χ2v) is 6.64. The van der Waals surface area contributed by atoms with E-state index in [0.29, 0.717) is 19.0 Å². The van der Waals surface area contributed by atoms with Crippen LogP contribution in [0.4, 0.5) is 0 Å². The molecule has 2 aliphatic rings. The highest BCUT2D eigenvalue weighted by Crippen LogP contribution is 2.32. The van der Waals surface area contributed by atoms with Gasteiger partial charge >= 0.3 is 0 Å². The largest absolute Gasteiger partial charge is 0.339 e. The standard InChI is InChI=1S/C9H16N2O3S/c10-8(7-1-2-7)9(12)11-3-5-15(13,14)6-4-11/h7-8H,1-6,10H2/t8-/m1/s1. The van der Waals surface area contributed by atoms with E-state index in [4.69, 9.17) is 5.73 Å². The van der Waals surface area contributed by atoms with Gasteiger partial charge in [-0.2, -0.15) is 0 Å². The number of amides is 1. The maximum atomic E-state index is 11.8. The van der Waals surface area contributed by atoms with E-state index in [0.717, 1.165) is 12.8 Å². The van der Waals surface area contributed by atoms with Gasteiger partial charge in [-0.05, 0) is 18.8 Å². The second kappa shape index (κ2) is 3.75. The van der Waals surface area contributed by atoms with Crippen molar-refractivity contribution in [2.45, 2.75) is 18.9 Å². The number of sulfone groups is 1. The van der Waals surface area contributed by atoms with Gasteiger partial charge in [0.2, 0.25) is 5.91 Å². The summed E-state index contributed by atoms with van der Waals surface area (Å²) in [4.78, 5) is 13.4.